The molecule has 0 spiro atoms. The molecule has 1 aromatic heterocycles. The third-order valence-corrected chi connectivity index (χ3v) is 6.72. The minimum absolute atomic E-state index is 0.0387. The molecule has 0 aliphatic carbocycles. The molecule has 2 aliphatic rings. The van der Waals surface area contributed by atoms with E-state index in [1.54, 1.807) is 6.07 Å². The summed E-state index contributed by atoms with van der Waals surface area (Å²) in [6, 6.07) is 1.85. The molecular weight excluding hydrogens is 473 g/mol. The number of ether oxygens (including phenoxy) is 1. The molecule has 1 atom stereocenters. The van der Waals surface area contributed by atoms with Gasteiger partial charge < -0.3 is 24.5 Å². The van der Waals surface area contributed by atoms with Crippen LogP contribution in [0.4, 0.5) is 15.0 Å². The highest BCUT2D eigenvalue weighted by molar-refractivity contribution is 9.10. The summed E-state index contributed by atoms with van der Waals surface area (Å²) in [6.45, 7) is 2.76. The highest BCUT2D eigenvalue weighted by atomic mass is 79.9. The van der Waals surface area contributed by atoms with Crippen LogP contribution in [0.25, 0.3) is 10.9 Å². The van der Waals surface area contributed by atoms with Gasteiger partial charge in [0.2, 0.25) is 0 Å². The molecule has 1 amide bonds. The molecule has 3 heterocycles. The number of carboxylic acid groups (broad SMARTS) is 1. The Kier molecular flexibility index (Phi) is 6.24. The van der Waals surface area contributed by atoms with Crippen molar-refractivity contribution in [1.82, 2.24) is 19.8 Å². The zero-order chi connectivity index (χ0) is 22.1. The third kappa shape index (κ3) is 4.29. The molecule has 11 heteroatoms. The number of piperazine rings is 1. The Hall–Kier alpha value is -2.53. The van der Waals surface area contributed by atoms with Crippen molar-refractivity contribution in [2.24, 2.45) is 0 Å². The second-order valence-corrected chi connectivity index (χ2v) is 8.57. The number of likely N-dealkylation sites (tertiary alicyclic amines) is 1. The normalized spacial score (nSPS) is 19.8. The van der Waals surface area contributed by atoms with Gasteiger partial charge in [-0.05, 0) is 48.4 Å². The first kappa shape index (κ1) is 21.7. The summed E-state index contributed by atoms with van der Waals surface area (Å²) >= 11 is 3.13. The number of halogens is 2. The number of hydrogen-bond acceptors (Lipinski definition) is 7. The molecule has 2 aromatic rings. The fourth-order valence-electron chi connectivity index (χ4n) is 4.05. The van der Waals surface area contributed by atoms with E-state index in [0.717, 1.165) is 19.4 Å². The number of nitrogens with zero attached hydrogens (tertiary/aromatic N) is 5. The number of amides is 1. The molecule has 0 bridgehead atoms. The van der Waals surface area contributed by atoms with Gasteiger partial charge in [-0.2, -0.15) is 9.97 Å². The van der Waals surface area contributed by atoms with E-state index in [-0.39, 0.29) is 27.6 Å². The molecule has 4 rings (SSSR count). The minimum atomic E-state index is -0.977. The fourth-order valence-corrected chi connectivity index (χ4v) is 4.44. The van der Waals surface area contributed by atoms with Crippen LogP contribution < -0.4 is 9.64 Å². The number of benzene rings is 1. The van der Waals surface area contributed by atoms with E-state index in [4.69, 9.17) is 4.74 Å². The van der Waals surface area contributed by atoms with Crippen molar-refractivity contribution in [1.29, 1.82) is 0 Å². The predicted octanol–water partition coefficient (Wildman–Crippen LogP) is 2.62. The van der Waals surface area contributed by atoms with Gasteiger partial charge >= 0.3 is 12.1 Å². The quantitative estimate of drug-likeness (QED) is 0.631. The van der Waals surface area contributed by atoms with Crippen molar-refractivity contribution in [2.75, 3.05) is 51.3 Å². The smallest absolute Gasteiger partial charge is 0.407 e. The van der Waals surface area contributed by atoms with Crippen LogP contribution in [-0.2, 0) is 0 Å². The Morgan fingerprint density at radius 1 is 1.32 bits per heavy atom. The average molecular weight is 496 g/mol. The van der Waals surface area contributed by atoms with Gasteiger partial charge in [0.05, 0.1) is 4.47 Å². The Bertz CT molecular complexity index is 1010. The molecule has 31 heavy (non-hydrogen) atoms. The van der Waals surface area contributed by atoms with Gasteiger partial charge in [0.15, 0.2) is 12.1 Å². The van der Waals surface area contributed by atoms with Crippen molar-refractivity contribution in [3.8, 4) is 6.01 Å². The maximum Gasteiger partial charge on any atom is 0.407 e. The Labute approximate surface area is 186 Å². The largest absolute Gasteiger partial charge is 0.465 e. The lowest BCUT2D eigenvalue weighted by Gasteiger charge is -2.34. The molecule has 0 radical (unpaired) electrons. The number of aromatic nitrogens is 2. The van der Waals surface area contributed by atoms with Gasteiger partial charge in [0.25, 0.3) is 0 Å². The second kappa shape index (κ2) is 8.91. The zero-order valence-corrected chi connectivity index (χ0v) is 18.6. The summed E-state index contributed by atoms with van der Waals surface area (Å²) < 4.78 is 21.0. The second-order valence-electron chi connectivity index (χ2n) is 7.78. The lowest BCUT2D eigenvalue weighted by molar-refractivity contribution is 0.112. The standard InChI is InChI=1S/C20H23BrFN5O4/c1-25-4-2-3-13(25)11-31-19-23-17-14(9-12(10-28)15(21)16(17)22)18(24-19)26-5-7-27(8-6-26)20(29)30/h9-10,13H,2-8,11H2,1H3,(H,29,30)/t13-/m0/s1. The zero-order valence-electron chi connectivity index (χ0n) is 17.1. The Morgan fingerprint density at radius 3 is 2.68 bits per heavy atom. The topological polar surface area (TPSA) is 99.1 Å². The van der Waals surface area contributed by atoms with Gasteiger partial charge in [0.1, 0.15) is 17.9 Å². The van der Waals surface area contributed by atoms with Crippen LogP contribution in [0.15, 0.2) is 10.5 Å². The maximum absolute atomic E-state index is 15.1. The molecular formula is C20H23BrFN5O4. The van der Waals surface area contributed by atoms with Crippen LogP contribution in [-0.4, -0.2) is 89.7 Å². The summed E-state index contributed by atoms with van der Waals surface area (Å²) in [6.07, 6.45) is 1.70. The van der Waals surface area contributed by atoms with Crippen molar-refractivity contribution in [2.45, 2.75) is 18.9 Å². The Morgan fingerprint density at radius 2 is 2.06 bits per heavy atom. The van der Waals surface area contributed by atoms with Crippen LogP contribution >= 0.6 is 15.9 Å². The molecule has 166 valence electrons. The number of hydrogen-bond donors (Lipinski definition) is 1. The highest BCUT2D eigenvalue weighted by Crippen LogP contribution is 2.34. The number of fused-ring (bicyclic) bond motifs is 1. The molecule has 1 aromatic carbocycles. The number of likely N-dealkylation sites (N-methyl/N-ethyl adjacent to an activating group) is 1. The molecule has 2 aliphatic heterocycles. The van der Waals surface area contributed by atoms with Gasteiger partial charge in [-0.15, -0.1) is 0 Å². The van der Waals surface area contributed by atoms with Crippen LogP contribution in [0.3, 0.4) is 0 Å². The van der Waals surface area contributed by atoms with Crippen LogP contribution in [0.1, 0.15) is 23.2 Å². The monoisotopic (exact) mass is 495 g/mol. The van der Waals surface area contributed by atoms with E-state index in [1.165, 1.54) is 4.90 Å². The third-order valence-electron chi connectivity index (χ3n) is 5.91. The molecule has 2 saturated heterocycles. The number of anilines is 1. The first-order chi connectivity index (χ1) is 14.9. The average Bonchev–Trinajstić information content (AvgIpc) is 3.19. The van der Waals surface area contributed by atoms with Gasteiger partial charge in [-0.25, -0.2) is 9.18 Å². The molecule has 0 saturated carbocycles. The molecule has 0 unspecified atom stereocenters. The number of carbonyl (C=O) groups excluding carboxylic acids is 1. The van der Waals surface area contributed by atoms with E-state index in [0.29, 0.717) is 50.3 Å². The summed E-state index contributed by atoms with van der Waals surface area (Å²) in [5, 5.41) is 9.59. The van der Waals surface area contributed by atoms with Crippen molar-refractivity contribution in [3.05, 3.63) is 21.9 Å². The SMILES string of the molecule is CN1CCC[C@H]1COc1nc(N2CCN(C(=O)O)CC2)c2cc(C=O)c(Br)c(F)c2n1. The summed E-state index contributed by atoms with van der Waals surface area (Å²) in [5.74, 6) is -0.227. The molecule has 1 N–H and O–H groups in total. The van der Waals surface area contributed by atoms with Crippen molar-refractivity contribution in [3.63, 3.8) is 0 Å². The van der Waals surface area contributed by atoms with E-state index in [9.17, 15) is 14.7 Å². The number of aldehydes is 1. The summed E-state index contributed by atoms with van der Waals surface area (Å²) in [5.41, 5.74) is 0.207. The van der Waals surface area contributed by atoms with Crippen molar-refractivity contribution < 1.29 is 23.8 Å². The highest BCUT2D eigenvalue weighted by Gasteiger charge is 2.27. The van der Waals surface area contributed by atoms with Gasteiger partial charge in [-0.1, -0.05) is 0 Å². The lowest BCUT2D eigenvalue weighted by atomic mass is 10.1. The van der Waals surface area contributed by atoms with Gasteiger partial charge in [0, 0.05) is 43.2 Å². The van der Waals surface area contributed by atoms with Crippen LogP contribution in [0, 0.1) is 5.82 Å². The van der Waals surface area contributed by atoms with E-state index >= 15 is 4.39 Å². The first-order valence-electron chi connectivity index (χ1n) is 10.1. The van der Waals surface area contributed by atoms with Crippen molar-refractivity contribution >= 4 is 45.0 Å². The van der Waals surface area contributed by atoms with Crippen LogP contribution in [0.2, 0.25) is 0 Å². The van der Waals surface area contributed by atoms with E-state index < -0.39 is 11.9 Å². The number of carbonyl (C=O) groups is 2. The minimum Gasteiger partial charge on any atom is -0.465 e. The molecule has 9 nitrogen and oxygen atoms in total. The molecule has 2 fully saturated rings. The predicted molar refractivity (Wildman–Crippen MR) is 116 cm³/mol. The fraction of sp³-hybridized carbons (Fsp3) is 0.500. The number of rotatable bonds is 5. The maximum atomic E-state index is 15.1. The van der Waals surface area contributed by atoms with E-state index in [2.05, 4.69) is 30.8 Å². The van der Waals surface area contributed by atoms with Crippen LogP contribution in [0.5, 0.6) is 6.01 Å². The van der Waals surface area contributed by atoms with Gasteiger partial charge in [-0.3, -0.25) is 4.79 Å². The first-order valence-corrected chi connectivity index (χ1v) is 10.9. The lowest BCUT2D eigenvalue weighted by Crippen LogP contribution is -2.48. The van der Waals surface area contributed by atoms with E-state index in [1.807, 2.05) is 11.9 Å². The Balaban J connectivity index is 1.71. The summed E-state index contributed by atoms with van der Waals surface area (Å²) in [4.78, 5) is 36.9. The summed E-state index contributed by atoms with van der Waals surface area (Å²) in [7, 11) is 2.04.